The number of hydrogen-bond acceptors (Lipinski definition) is 5. The number of rotatable bonds is 6. The van der Waals surface area contributed by atoms with Gasteiger partial charge in [0.1, 0.15) is 0 Å². The number of nitrogens with two attached hydrogens (primary N) is 1. The van der Waals surface area contributed by atoms with Crippen LogP contribution in [-0.2, 0) is 9.84 Å². The van der Waals surface area contributed by atoms with Gasteiger partial charge in [0.2, 0.25) is 0 Å². The maximum absolute atomic E-state index is 11.5. The number of thioether (sulfide) groups is 1. The molecule has 0 saturated heterocycles. The molecule has 96 valence electrons. The number of nitrogens with one attached hydrogen (secondary N) is 1. The van der Waals surface area contributed by atoms with Crippen LogP contribution in [0.3, 0.4) is 0 Å². The van der Waals surface area contributed by atoms with Crippen molar-refractivity contribution in [1.29, 1.82) is 0 Å². The van der Waals surface area contributed by atoms with E-state index in [1.165, 1.54) is 6.07 Å². The summed E-state index contributed by atoms with van der Waals surface area (Å²) in [6.45, 7) is 0.790. The molecule has 3 N–H and O–H groups in total. The fraction of sp³-hybridized carbons (Fsp3) is 0.455. The highest BCUT2D eigenvalue weighted by molar-refractivity contribution is 7.98. The number of para-hydroxylation sites is 1. The normalized spacial score (nSPS) is 11.4. The lowest BCUT2D eigenvalue weighted by molar-refractivity contribution is 0.602. The van der Waals surface area contributed by atoms with Crippen LogP contribution in [0.5, 0.6) is 0 Å². The summed E-state index contributed by atoms with van der Waals surface area (Å²) in [5.41, 5.74) is 6.83. The van der Waals surface area contributed by atoms with Crippen molar-refractivity contribution in [2.75, 3.05) is 35.9 Å². The predicted molar refractivity (Wildman–Crippen MR) is 75.5 cm³/mol. The Balaban J connectivity index is 2.81. The summed E-state index contributed by atoms with van der Waals surface area (Å²) in [6.07, 6.45) is 4.23. The summed E-state index contributed by atoms with van der Waals surface area (Å²) in [7, 11) is -3.26. The molecule has 17 heavy (non-hydrogen) atoms. The zero-order valence-electron chi connectivity index (χ0n) is 10.1. The van der Waals surface area contributed by atoms with Gasteiger partial charge in [0.15, 0.2) is 9.84 Å². The Morgan fingerprint density at radius 3 is 2.71 bits per heavy atom. The van der Waals surface area contributed by atoms with Crippen molar-refractivity contribution in [1.82, 2.24) is 0 Å². The zero-order valence-corrected chi connectivity index (χ0v) is 11.7. The van der Waals surface area contributed by atoms with E-state index in [9.17, 15) is 8.42 Å². The van der Waals surface area contributed by atoms with Crippen LogP contribution in [0.1, 0.15) is 6.42 Å². The number of hydrogen-bond donors (Lipinski definition) is 2. The average molecular weight is 274 g/mol. The topological polar surface area (TPSA) is 72.2 Å². The molecule has 0 unspecified atom stereocenters. The number of nitrogen functional groups attached to an aromatic ring is 1. The molecule has 1 rings (SSSR count). The second-order valence-electron chi connectivity index (χ2n) is 3.76. The molecular formula is C11H18N2O2S2. The van der Waals surface area contributed by atoms with Gasteiger partial charge in [-0.1, -0.05) is 6.07 Å². The van der Waals surface area contributed by atoms with Crippen molar-refractivity contribution in [2.24, 2.45) is 0 Å². The summed E-state index contributed by atoms with van der Waals surface area (Å²) in [5, 5.41) is 3.16. The molecule has 0 aliphatic heterocycles. The van der Waals surface area contributed by atoms with Crippen molar-refractivity contribution < 1.29 is 8.42 Å². The third kappa shape index (κ3) is 4.12. The van der Waals surface area contributed by atoms with Crippen LogP contribution in [0.4, 0.5) is 11.4 Å². The van der Waals surface area contributed by atoms with Gasteiger partial charge in [-0.05, 0) is 30.6 Å². The van der Waals surface area contributed by atoms with Crippen LogP contribution in [0.25, 0.3) is 0 Å². The predicted octanol–water partition coefficient (Wildman–Crippen LogP) is 1.84. The summed E-state index contributed by atoms with van der Waals surface area (Å²) >= 11 is 1.78. The van der Waals surface area contributed by atoms with E-state index in [4.69, 9.17) is 5.73 Å². The minimum atomic E-state index is -3.26. The zero-order chi connectivity index (χ0) is 12.9. The van der Waals surface area contributed by atoms with Gasteiger partial charge in [-0.15, -0.1) is 0 Å². The average Bonchev–Trinajstić information content (AvgIpc) is 2.25. The Morgan fingerprint density at radius 2 is 2.12 bits per heavy atom. The van der Waals surface area contributed by atoms with Gasteiger partial charge in [-0.3, -0.25) is 0 Å². The van der Waals surface area contributed by atoms with E-state index in [1.54, 1.807) is 23.9 Å². The van der Waals surface area contributed by atoms with Crippen LogP contribution < -0.4 is 11.1 Å². The standard InChI is InChI=1S/C11H18N2O2S2/c1-16-8-4-7-13-9-5-3-6-10(11(9)12)17(2,14)15/h3,5-6,13H,4,7-8,12H2,1-2H3. The monoisotopic (exact) mass is 274 g/mol. The molecule has 0 amide bonds. The van der Waals surface area contributed by atoms with Gasteiger partial charge in [-0.25, -0.2) is 8.42 Å². The Kier molecular flexibility index (Phi) is 5.14. The molecule has 0 bridgehead atoms. The quantitative estimate of drug-likeness (QED) is 0.612. The Hall–Kier alpha value is -0.880. The van der Waals surface area contributed by atoms with Crippen molar-refractivity contribution in [3.63, 3.8) is 0 Å². The maximum atomic E-state index is 11.5. The maximum Gasteiger partial charge on any atom is 0.177 e. The Bertz CT molecular complexity index is 472. The van der Waals surface area contributed by atoms with Crippen molar-refractivity contribution in [2.45, 2.75) is 11.3 Å². The molecule has 0 aliphatic carbocycles. The van der Waals surface area contributed by atoms with E-state index in [-0.39, 0.29) is 4.90 Å². The third-order valence-corrected chi connectivity index (χ3v) is 4.16. The molecule has 0 radical (unpaired) electrons. The highest BCUT2D eigenvalue weighted by Gasteiger charge is 2.13. The Labute approximate surface area is 107 Å². The van der Waals surface area contributed by atoms with Gasteiger partial charge in [0.25, 0.3) is 0 Å². The minimum Gasteiger partial charge on any atom is -0.396 e. The fourth-order valence-corrected chi connectivity index (χ4v) is 2.73. The Morgan fingerprint density at radius 1 is 1.41 bits per heavy atom. The second kappa shape index (κ2) is 6.16. The second-order valence-corrected chi connectivity index (χ2v) is 6.73. The first-order chi connectivity index (χ1) is 7.96. The summed E-state index contributed by atoms with van der Waals surface area (Å²) < 4.78 is 22.9. The molecule has 0 heterocycles. The number of sulfone groups is 1. The smallest absolute Gasteiger partial charge is 0.177 e. The van der Waals surface area contributed by atoms with E-state index in [0.717, 1.165) is 25.0 Å². The number of anilines is 2. The molecule has 0 fully saturated rings. The van der Waals surface area contributed by atoms with Crippen molar-refractivity contribution in [3.05, 3.63) is 18.2 Å². The molecule has 1 aromatic rings. The van der Waals surface area contributed by atoms with E-state index in [0.29, 0.717) is 11.4 Å². The minimum absolute atomic E-state index is 0.187. The third-order valence-electron chi connectivity index (χ3n) is 2.31. The lowest BCUT2D eigenvalue weighted by atomic mass is 10.2. The van der Waals surface area contributed by atoms with Crippen molar-refractivity contribution >= 4 is 33.0 Å². The first-order valence-corrected chi connectivity index (χ1v) is 8.56. The van der Waals surface area contributed by atoms with E-state index in [2.05, 4.69) is 11.6 Å². The van der Waals surface area contributed by atoms with E-state index >= 15 is 0 Å². The lowest BCUT2D eigenvalue weighted by Gasteiger charge is -2.11. The molecule has 0 spiro atoms. The van der Waals surface area contributed by atoms with Gasteiger partial charge in [0, 0.05) is 12.8 Å². The van der Waals surface area contributed by atoms with Crippen LogP contribution in [-0.4, -0.2) is 33.2 Å². The van der Waals surface area contributed by atoms with Crippen LogP contribution in [0, 0.1) is 0 Å². The summed E-state index contributed by atoms with van der Waals surface area (Å²) in [5.74, 6) is 1.07. The highest BCUT2D eigenvalue weighted by Crippen LogP contribution is 2.26. The molecule has 0 saturated carbocycles. The van der Waals surface area contributed by atoms with Gasteiger partial charge in [0.05, 0.1) is 16.3 Å². The van der Waals surface area contributed by atoms with E-state index in [1.807, 2.05) is 0 Å². The molecule has 6 heteroatoms. The van der Waals surface area contributed by atoms with Gasteiger partial charge >= 0.3 is 0 Å². The lowest BCUT2D eigenvalue weighted by Crippen LogP contribution is -2.08. The molecule has 0 atom stereocenters. The van der Waals surface area contributed by atoms with Crippen molar-refractivity contribution in [3.8, 4) is 0 Å². The van der Waals surface area contributed by atoms with Crippen LogP contribution in [0.2, 0.25) is 0 Å². The molecular weight excluding hydrogens is 256 g/mol. The molecule has 0 aliphatic rings. The number of benzene rings is 1. The molecule has 4 nitrogen and oxygen atoms in total. The van der Waals surface area contributed by atoms with E-state index < -0.39 is 9.84 Å². The molecule has 0 aromatic heterocycles. The first-order valence-electron chi connectivity index (χ1n) is 5.28. The van der Waals surface area contributed by atoms with Gasteiger partial charge < -0.3 is 11.1 Å². The van der Waals surface area contributed by atoms with Crippen LogP contribution >= 0.6 is 11.8 Å². The SMILES string of the molecule is CSCCCNc1cccc(S(C)(=O)=O)c1N. The summed E-state index contributed by atoms with van der Waals surface area (Å²) in [6, 6.07) is 5.02. The largest absolute Gasteiger partial charge is 0.396 e. The van der Waals surface area contributed by atoms with Gasteiger partial charge in [-0.2, -0.15) is 11.8 Å². The highest BCUT2D eigenvalue weighted by atomic mass is 32.2. The summed E-state index contributed by atoms with van der Waals surface area (Å²) in [4.78, 5) is 0.187. The fourth-order valence-electron chi connectivity index (χ4n) is 1.46. The first kappa shape index (κ1) is 14.2. The molecule has 1 aromatic carbocycles. The van der Waals surface area contributed by atoms with Crippen LogP contribution in [0.15, 0.2) is 23.1 Å².